The summed E-state index contributed by atoms with van der Waals surface area (Å²) in [7, 11) is 0. The van der Waals surface area contributed by atoms with E-state index in [4.69, 9.17) is 5.41 Å². The summed E-state index contributed by atoms with van der Waals surface area (Å²) in [5.74, 6) is -0.304. The smallest absolute Gasteiger partial charge is 0.124 e. The number of aryl methyl sites for hydroxylation is 1. The third-order valence-electron chi connectivity index (χ3n) is 3.59. The number of rotatable bonds is 4. The Balaban J connectivity index is 2.04. The molecule has 0 unspecified atom stereocenters. The molecule has 114 valence electrons. The number of benzene rings is 2. The topological polar surface area (TPSA) is 48.8 Å². The molecule has 0 aliphatic heterocycles. The average Bonchev–Trinajstić information content (AvgIpc) is 2.56. The fourth-order valence-electron chi connectivity index (χ4n) is 2.40. The molecule has 0 saturated heterocycles. The van der Waals surface area contributed by atoms with Crippen molar-refractivity contribution in [3.8, 4) is 0 Å². The van der Waals surface area contributed by atoms with E-state index in [9.17, 15) is 4.39 Å². The van der Waals surface area contributed by atoms with Crippen molar-refractivity contribution < 1.29 is 4.39 Å². The van der Waals surface area contributed by atoms with Crippen LogP contribution in [0.15, 0.2) is 60.8 Å². The molecule has 0 bridgehead atoms. The SMILES string of the molecule is Cc1ccc(/C(=C/C=N)Nc2ccnc3ccc(F)cc23)cc1. The summed E-state index contributed by atoms with van der Waals surface area (Å²) in [6.07, 6.45) is 4.59. The first-order valence-electron chi connectivity index (χ1n) is 7.26. The predicted molar refractivity (Wildman–Crippen MR) is 93.3 cm³/mol. The summed E-state index contributed by atoms with van der Waals surface area (Å²) in [5, 5.41) is 11.4. The van der Waals surface area contributed by atoms with E-state index in [-0.39, 0.29) is 5.82 Å². The zero-order chi connectivity index (χ0) is 16.2. The molecule has 3 aromatic rings. The summed E-state index contributed by atoms with van der Waals surface area (Å²) in [4.78, 5) is 4.25. The van der Waals surface area contributed by atoms with Crippen molar-refractivity contribution in [1.82, 2.24) is 4.98 Å². The molecular weight excluding hydrogens is 289 g/mol. The molecule has 1 aromatic heterocycles. The molecule has 3 nitrogen and oxygen atoms in total. The van der Waals surface area contributed by atoms with E-state index >= 15 is 0 Å². The Kier molecular flexibility index (Phi) is 4.15. The quantitative estimate of drug-likeness (QED) is 0.681. The van der Waals surface area contributed by atoms with Gasteiger partial charge in [0.15, 0.2) is 0 Å². The summed E-state index contributed by atoms with van der Waals surface area (Å²) in [5.41, 5.74) is 4.37. The van der Waals surface area contributed by atoms with Gasteiger partial charge in [0.25, 0.3) is 0 Å². The average molecular weight is 305 g/mol. The monoisotopic (exact) mass is 305 g/mol. The second kappa shape index (κ2) is 6.40. The highest BCUT2D eigenvalue weighted by Gasteiger charge is 2.07. The molecule has 2 aromatic carbocycles. The molecule has 0 fully saturated rings. The Hall–Kier alpha value is -3.01. The third kappa shape index (κ3) is 3.26. The van der Waals surface area contributed by atoms with Crippen LogP contribution in [0.5, 0.6) is 0 Å². The molecule has 0 aliphatic rings. The highest BCUT2D eigenvalue weighted by atomic mass is 19.1. The Bertz CT molecular complexity index is 883. The highest BCUT2D eigenvalue weighted by Crippen LogP contribution is 2.26. The van der Waals surface area contributed by atoms with Crippen molar-refractivity contribution in [1.29, 1.82) is 5.41 Å². The van der Waals surface area contributed by atoms with Gasteiger partial charge >= 0.3 is 0 Å². The fraction of sp³-hybridized carbons (Fsp3) is 0.0526. The standard InChI is InChI=1S/C19H16FN3/c1-13-2-4-14(5-3-13)17(8-10-21)23-19-9-11-22-18-7-6-15(20)12-16(18)19/h2-12,21H,1H3,(H,22,23)/b17-8-,21-10?. The Labute approximate surface area is 134 Å². The van der Waals surface area contributed by atoms with Crippen molar-refractivity contribution in [2.75, 3.05) is 5.32 Å². The van der Waals surface area contributed by atoms with Crippen LogP contribution < -0.4 is 5.32 Å². The van der Waals surface area contributed by atoms with Gasteiger partial charge in [0.2, 0.25) is 0 Å². The van der Waals surface area contributed by atoms with Crippen molar-refractivity contribution in [3.63, 3.8) is 0 Å². The minimum atomic E-state index is -0.304. The molecule has 1 heterocycles. The van der Waals surface area contributed by atoms with Gasteiger partial charge in [-0.15, -0.1) is 0 Å². The van der Waals surface area contributed by atoms with E-state index in [0.717, 1.165) is 22.5 Å². The maximum absolute atomic E-state index is 13.6. The number of hydrogen-bond donors (Lipinski definition) is 2. The van der Waals surface area contributed by atoms with Crippen LogP contribution in [0.2, 0.25) is 0 Å². The van der Waals surface area contributed by atoms with Crippen LogP contribution >= 0.6 is 0 Å². The molecule has 0 radical (unpaired) electrons. The van der Waals surface area contributed by atoms with Gasteiger partial charge in [0, 0.05) is 29.2 Å². The van der Waals surface area contributed by atoms with Crippen molar-refractivity contribution in [2.45, 2.75) is 6.92 Å². The van der Waals surface area contributed by atoms with Crippen LogP contribution in [0.4, 0.5) is 10.1 Å². The third-order valence-corrected chi connectivity index (χ3v) is 3.59. The molecule has 23 heavy (non-hydrogen) atoms. The van der Waals surface area contributed by atoms with E-state index in [1.54, 1.807) is 24.4 Å². The lowest BCUT2D eigenvalue weighted by molar-refractivity contribution is 0.629. The van der Waals surface area contributed by atoms with Gasteiger partial charge in [-0.2, -0.15) is 0 Å². The minimum absolute atomic E-state index is 0.304. The first-order chi connectivity index (χ1) is 11.2. The fourth-order valence-corrected chi connectivity index (χ4v) is 2.40. The molecule has 2 N–H and O–H groups in total. The molecule has 0 spiro atoms. The number of anilines is 1. The molecule has 0 atom stereocenters. The van der Waals surface area contributed by atoms with Crippen LogP contribution in [0.25, 0.3) is 16.6 Å². The highest BCUT2D eigenvalue weighted by molar-refractivity contribution is 5.97. The molecule has 0 saturated carbocycles. The second-order valence-electron chi connectivity index (χ2n) is 5.26. The van der Waals surface area contributed by atoms with E-state index in [2.05, 4.69) is 10.3 Å². The summed E-state index contributed by atoms with van der Waals surface area (Å²) >= 11 is 0. The van der Waals surface area contributed by atoms with Gasteiger partial charge in [0.1, 0.15) is 5.82 Å². The number of aromatic nitrogens is 1. The first kappa shape index (κ1) is 14.9. The molecule has 0 amide bonds. The number of hydrogen-bond acceptors (Lipinski definition) is 3. The Morgan fingerprint density at radius 3 is 2.65 bits per heavy atom. The van der Waals surface area contributed by atoms with Gasteiger partial charge < -0.3 is 10.7 Å². The lowest BCUT2D eigenvalue weighted by Crippen LogP contribution is -2.01. The van der Waals surface area contributed by atoms with Crippen LogP contribution in [0.1, 0.15) is 11.1 Å². The number of nitrogens with zero attached hydrogens (tertiary/aromatic N) is 1. The van der Waals surface area contributed by atoms with Crippen LogP contribution in [-0.4, -0.2) is 11.2 Å². The van der Waals surface area contributed by atoms with Gasteiger partial charge in [-0.05, 0) is 42.8 Å². The molecular formula is C19H16FN3. The van der Waals surface area contributed by atoms with Gasteiger partial charge in [-0.1, -0.05) is 29.8 Å². The lowest BCUT2D eigenvalue weighted by atomic mass is 10.1. The van der Waals surface area contributed by atoms with Crippen molar-refractivity contribution in [2.24, 2.45) is 0 Å². The van der Waals surface area contributed by atoms with Gasteiger partial charge in [-0.25, -0.2) is 4.39 Å². The summed E-state index contributed by atoms with van der Waals surface area (Å²) in [6.45, 7) is 2.02. The maximum Gasteiger partial charge on any atom is 0.124 e. The Morgan fingerprint density at radius 2 is 1.91 bits per heavy atom. The van der Waals surface area contributed by atoms with Crippen LogP contribution in [0.3, 0.4) is 0 Å². The number of pyridine rings is 1. The number of allylic oxidation sites excluding steroid dienone is 1. The number of halogens is 1. The van der Waals surface area contributed by atoms with Gasteiger partial charge in [-0.3, -0.25) is 4.98 Å². The zero-order valence-electron chi connectivity index (χ0n) is 12.7. The number of nitrogens with one attached hydrogen (secondary N) is 2. The van der Waals surface area contributed by atoms with Crippen LogP contribution in [0, 0.1) is 18.2 Å². The zero-order valence-corrected chi connectivity index (χ0v) is 12.7. The summed E-state index contributed by atoms with van der Waals surface area (Å²) < 4.78 is 13.6. The van der Waals surface area contributed by atoms with Crippen LogP contribution in [-0.2, 0) is 0 Å². The number of fused-ring (bicyclic) bond motifs is 1. The van der Waals surface area contributed by atoms with Crippen molar-refractivity contribution in [3.05, 3.63) is 77.7 Å². The molecule has 3 rings (SSSR count). The summed E-state index contributed by atoms with van der Waals surface area (Å²) in [6, 6.07) is 14.3. The van der Waals surface area contributed by atoms with Gasteiger partial charge in [0.05, 0.1) is 5.52 Å². The minimum Gasteiger partial charge on any atom is -0.354 e. The maximum atomic E-state index is 13.6. The van der Waals surface area contributed by atoms with Crippen molar-refractivity contribution >= 4 is 28.5 Å². The van der Waals surface area contributed by atoms with E-state index in [1.165, 1.54) is 23.9 Å². The largest absolute Gasteiger partial charge is 0.354 e. The molecule has 0 aliphatic carbocycles. The van der Waals surface area contributed by atoms with E-state index in [0.29, 0.717) is 5.39 Å². The molecule has 4 heteroatoms. The van der Waals surface area contributed by atoms with E-state index < -0.39 is 0 Å². The lowest BCUT2D eigenvalue weighted by Gasteiger charge is -2.13. The predicted octanol–water partition coefficient (Wildman–Crippen LogP) is 4.78. The normalized spacial score (nSPS) is 11.5. The van der Waals surface area contributed by atoms with E-state index in [1.807, 2.05) is 31.2 Å². The Morgan fingerprint density at radius 1 is 1.13 bits per heavy atom. The second-order valence-corrected chi connectivity index (χ2v) is 5.26. The first-order valence-corrected chi connectivity index (χ1v) is 7.26.